The van der Waals surface area contributed by atoms with Crippen molar-refractivity contribution in [1.29, 1.82) is 0 Å². The number of hydrogen-bond donors (Lipinski definition) is 4. The quantitative estimate of drug-likeness (QED) is 0.0593. The minimum Gasteiger partial charge on any atom is -0.504 e. The zero-order chi connectivity index (χ0) is 44.2. The Bertz CT molecular complexity index is 2400. The van der Waals surface area contributed by atoms with Crippen molar-refractivity contribution >= 4 is 28.6 Å². The molecule has 3 aliphatic rings. The maximum atomic E-state index is 14.8. The Kier molecular flexibility index (Phi) is 13.5. The van der Waals surface area contributed by atoms with Crippen molar-refractivity contribution in [3.63, 3.8) is 0 Å². The van der Waals surface area contributed by atoms with Gasteiger partial charge in [-0.2, -0.15) is 0 Å². The van der Waals surface area contributed by atoms with Crippen LogP contribution in [-0.4, -0.2) is 21.8 Å². The van der Waals surface area contributed by atoms with Gasteiger partial charge in [-0.1, -0.05) is 103 Å². The second-order valence-corrected chi connectivity index (χ2v) is 18.7. The van der Waals surface area contributed by atoms with Crippen LogP contribution in [0, 0.1) is 11.8 Å². The summed E-state index contributed by atoms with van der Waals surface area (Å²) in [5.74, 6) is 1.47. The highest BCUT2D eigenvalue weighted by Gasteiger charge is 2.41. The third kappa shape index (κ3) is 9.46. The van der Waals surface area contributed by atoms with Crippen LogP contribution < -0.4 is 20.5 Å². The van der Waals surface area contributed by atoms with Crippen LogP contribution in [0.3, 0.4) is 0 Å². The van der Waals surface area contributed by atoms with E-state index in [1.54, 1.807) is 0 Å². The molecule has 8 heteroatoms. The van der Waals surface area contributed by atoms with E-state index in [1.807, 2.05) is 48.5 Å². The van der Waals surface area contributed by atoms with Gasteiger partial charge in [0.15, 0.2) is 23.0 Å². The van der Waals surface area contributed by atoms with Gasteiger partial charge < -0.3 is 30.7 Å². The second-order valence-electron chi connectivity index (χ2n) is 18.7. The van der Waals surface area contributed by atoms with Gasteiger partial charge in [0.1, 0.15) is 11.5 Å². The number of carbonyl (C=O) groups excluding carboxylic acids is 2. The summed E-state index contributed by atoms with van der Waals surface area (Å²) in [6.45, 7) is 8.73. The number of phenolic OH excluding ortho intramolecular Hbond substituents is 2. The molecule has 0 saturated heterocycles. The van der Waals surface area contributed by atoms with Gasteiger partial charge in [-0.25, -0.2) is 0 Å². The summed E-state index contributed by atoms with van der Waals surface area (Å²) in [5, 5.41) is 27.0. The first-order valence-electron chi connectivity index (χ1n) is 23.6. The van der Waals surface area contributed by atoms with Gasteiger partial charge in [0.05, 0.1) is 27.9 Å². The molecule has 0 amide bonds. The molecule has 0 radical (unpaired) electrons. The second kappa shape index (κ2) is 19.3. The van der Waals surface area contributed by atoms with E-state index in [1.165, 1.54) is 113 Å². The predicted molar refractivity (Wildman–Crippen MR) is 253 cm³/mol. The fourth-order valence-electron chi connectivity index (χ4n) is 10.3. The number of benzene rings is 5. The van der Waals surface area contributed by atoms with Crippen LogP contribution in [0.15, 0.2) is 84.9 Å². The normalized spacial score (nSPS) is 19.7. The van der Waals surface area contributed by atoms with Crippen molar-refractivity contribution in [3.05, 3.63) is 124 Å². The molecule has 2 saturated carbocycles. The van der Waals surface area contributed by atoms with Crippen LogP contribution in [0.5, 0.6) is 34.5 Å². The van der Waals surface area contributed by atoms with E-state index < -0.39 is 23.1 Å². The molecule has 0 heterocycles. The highest BCUT2D eigenvalue weighted by molar-refractivity contribution is 6.34. The van der Waals surface area contributed by atoms with Gasteiger partial charge in [-0.3, -0.25) is 9.59 Å². The summed E-state index contributed by atoms with van der Waals surface area (Å²) in [7, 11) is 0. The zero-order valence-corrected chi connectivity index (χ0v) is 37.5. The van der Waals surface area contributed by atoms with Gasteiger partial charge in [0.2, 0.25) is 11.6 Å². The molecule has 0 spiro atoms. The summed E-state index contributed by atoms with van der Waals surface area (Å²) in [5.41, 5.74) is 10.2. The van der Waals surface area contributed by atoms with Crippen LogP contribution in [-0.2, 0) is 0 Å². The van der Waals surface area contributed by atoms with Crippen molar-refractivity contribution in [2.75, 3.05) is 11.1 Å². The minimum absolute atomic E-state index is 0.000404. The maximum Gasteiger partial charge on any atom is 0.200 e. The number of phenols is 2. The Labute approximate surface area is 373 Å². The van der Waals surface area contributed by atoms with E-state index >= 15 is 0 Å². The number of ketones is 2. The van der Waals surface area contributed by atoms with Crippen LogP contribution in [0.1, 0.15) is 184 Å². The Hall–Kier alpha value is -5.76. The van der Waals surface area contributed by atoms with Crippen LogP contribution in [0.2, 0.25) is 0 Å². The number of hydrogen-bond acceptors (Lipinski definition) is 8. The first-order chi connectivity index (χ1) is 30.5. The molecule has 3 aliphatic carbocycles. The third-order valence-electron chi connectivity index (χ3n) is 14.1. The van der Waals surface area contributed by atoms with E-state index in [0.717, 1.165) is 17.4 Å². The summed E-state index contributed by atoms with van der Waals surface area (Å²) in [6, 6.07) is 26.5. The molecule has 0 bridgehead atoms. The molecule has 330 valence electrons. The third-order valence-corrected chi connectivity index (χ3v) is 14.1. The van der Waals surface area contributed by atoms with Gasteiger partial charge in [-0.15, -0.1) is 0 Å². The number of anilines is 3. The van der Waals surface area contributed by atoms with Crippen molar-refractivity contribution < 1.29 is 29.3 Å². The molecular formula is C55H64N2O6. The fourth-order valence-corrected chi connectivity index (χ4v) is 10.3. The van der Waals surface area contributed by atoms with Crippen LogP contribution in [0.25, 0.3) is 0 Å². The van der Waals surface area contributed by atoms with Gasteiger partial charge >= 0.3 is 0 Å². The predicted octanol–water partition coefficient (Wildman–Crippen LogP) is 14.8. The number of ether oxygens (including phenoxy) is 2. The Morgan fingerprint density at radius 3 is 1.51 bits per heavy atom. The van der Waals surface area contributed by atoms with Crippen molar-refractivity contribution in [3.8, 4) is 34.5 Å². The first-order valence-corrected chi connectivity index (χ1v) is 23.6. The topological polar surface area (TPSA) is 131 Å². The number of carbonyl (C=O) groups is 2. The Balaban J connectivity index is 1.07. The fraction of sp³-hybridized carbons (Fsp3) is 0.418. The van der Waals surface area contributed by atoms with Crippen LogP contribution in [0.4, 0.5) is 17.1 Å². The molecule has 63 heavy (non-hydrogen) atoms. The highest BCUT2D eigenvalue weighted by atomic mass is 16.5. The molecular weight excluding hydrogens is 785 g/mol. The number of nitrogens with one attached hydrogen (secondary N) is 1. The van der Waals surface area contributed by atoms with E-state index in [0.29, 0.717) is 34.9 Å². The lowest BCUT2D eigenvalue weighted by molar-refractivity contribution is 0.0974. The monoisotopic (exact) mass is 848 g/mol. The largest absolute Gasteiger partial charge is 0.504 e. The van der Waals surface area contributed by atoms with Crippen LogP contribution >= 0.6 is 0 Å². The van der Waals surface area contributed by atoms with Gasteiger partial charge in [0, 0.05) is 23.5 Å². The summed E-state index contributed by atoms with van der Waals surface area (Å²) in [6.07, 6.45) is 17.4. The Morgan fingerprint density at radius 2 is 1.05 bits per heavy atom. The standard InChI is InChI=1S/C55H64N2O6/c1-5-7-9-34-11-15-37(16-12-34)39-21-27-42(28-22-39)62-46-31-44(56)48-50(52(46)58)55(61)49-45(57-41-25-19-36(20-26-41)33(3)4)32-47(53(59)51(49)54(48)60)63-43-29-23-40(24-30-43)38-17-13-35(14-18-38)10-8-6-2/h19-35,37-38,57-59H,5-18,56H2,1-4H3. The molecule has 2 fully saturated rings. The number of nitrogen functional groups attached to an aromatic ring is 1. The number of aromatic hydroxyl groups is 2. The van der Waals surface area contributed by atoms with Crippen molar-refractivity contribution in [1.82, 2.24) is 0 Å². The summed E-state index contributed by atoms with van der Waals surface area (Å²) >= 11 is 0. The van der Waals surface area contributed by atoms with Gasteiger partial charge in [-0.05, 0) is 134 Å². The van der Waals surface area contributed by atoms with Crippen molar-refractivity contribution in [2.24, 2.45) is 11.8 Å². The lowest BCUT2D eigenvalue weighted by Gasteiger charge is -2.29. The zero-order valence-electron chi connectivity index (χ0n) is 37.5. The minimum atomic E-state index is -0.709. The molecule has 0 aromatic heterocycles. The summed E-state index contributed by atoms with van der Waals surface area (Å²) < 4.78 is 12.5. The molecule has 0 unspecified atom stereocenters. The first kappa shape index (κ1) is 43.9. The number of rotatable bonds is 15. The van der Waals surface area contributed by atoms with E-state index in [4.69, 9.17) is 15.2 Å². The lowest BCUT2D eigenvalue weighted by atomic mass is 9.77. The molecule has 5 N–H and O–H groups in total. The highest BCUT2D eigenvalue weighted by Crippen LogP contribution is 2.50. The molecule has 8 rings (SSSR count). The molecule has 5 aromatic carbocycles. The average Bonchev–Trinajstić information content (AvgIpc) is 3.30. The van der Waals surface area contributed by atoms with E-state index in [9.17, 15) is 19.8 Å². The lowest BCUT2D eigenvalue weighted by Crippen LogP contribution is -2.24. The maximum absolute atomic E-state index is 14.8. The smallest absolute Gasteiger partial charge is 0.200 e. The number of nitrogens with two attached hydrogens (primary N) is 1. The SMILES string of the molecule is CCCCC1CCC(c2ccc(Oc3cc(N)c4c(c3O)C(=O)c3c(Nc5ccc(C(C)C)cc5)cc(Oc5ccc(C6CCC(CCCC)CC6)cc5)c(O)c3C4=O)cc2)CC1. The van der Waals surface area contributed by atoms with E-state index in [-0.39, 0.29) is 45.1 Å². The summed E-state index contributed by atoms with van der Waals surface area (Å²) in [4.78, 5) is 29.3. The molecule has 0 atom stereocenters. The molecule has 5 aromatic rings. The molecule has 0 aliphatic heterocycles. The Morgan fingerprint density at radius 1 is 0.603 bits per heavy atom. The molecule has 8 nitrogen and oxygen atoms in total. The van der Waals surface area contributed by atoms with E-state index in [2.05, 4.69) is 57.3 Å². The van der Waals surface area contributed by atoms with Gasteiger partial charge in [0.25, 0.3) is 0 Å². The number of unbranched alkanes of at least 4 members (excludes halogenated alkanes) is 2. The average molecular weight is 849 g/mol. The number of fused-ring (bicyclic) bond motifs is 2. The van der Waals surface area contributed by atoms with Crippen molar-refractivity contribution in [2.45, 2.75) is 135 Å².